The minimum absolute atomic E-state index is 0.869. The number of hydrogen-bond acceptors (Lipinski definition) is 6. The van der Waals surface area contributed by atoms with Gasteiger partial charge >= 0.3 is 0 Å². The molecule has 2 fully saturated rings. The molecule has 5 aromatic heterocycles. The van der Waals surface area contributed by atoms with Crippen molar-refractivity contribution in [1.29, 1.82) is 0 Å². The topological polar surface area (TPSA) is 98.4 Å². The molecule has 0 saturated heterocycles. The Morgan fingerprint density at radius 3 is 1.95 bits per heavy atom. The molecule has 1 aromatic carbocycles. The summed E-state index contributed by atoms with van der Waals surface area (Å²) in [6.45, 7) is 16.5. The Kier molecular flexibility index (Phi) is 15.7. The van der Waals surface area contributed by atoms with Crippen LogP contribution in [0.3, 0.4) is 0 Å². The van der Waals surface area contributed by atoms with E-state index in [0.29, 0.717) is 0 Å². The lowest BCUT2D eigenvalue weighted by atomic mass is 9.73. The monoisotopic (exact) mass is 743 g/mol. The van der Waals surface area contributed by atoms with Crippen LogP contribution in [0.2, 0.25) is 0 Å². The van der Waals surface area contributed by atoms with Crippen LogP contribution in [0.5, 0.6) is 0 Å². The Morgan fingerprint density at radius 2 is 1.29 bits per heavy atom. The summed E-state index contributed by atoms with van der Waals surface area (Å²) in [4.78, 5) is 25.5. The third-order valence-corrected chi connectivity index (χ3v) is 11.2. The predicted molar refractivity (Wildman–Crippen MR) is 233 cm³/mol. The van der Waals surface area contributed by atoms with Crippen LogP contribution in [0.15, 0.2) is 67.4 Å². The van der Waals surface area contributed by atoms with Crippen LogP contribution in [0.1, 0.15) is 110 Å². The van der Waals surface area contributed by atoms with E-state index < -0.39 is 0 Å². The van der Waals surface area contributed by atoms with Gasteiger partial charge in [-0.05, 0) is 99.7 Å². The number of nitrogens with zero attached hydrogens (tertiary/aromatic N) is 5. The van der Waals surface area contributed by atoms with E-state index in [-0.39, 0.29) is 0 Å². The second-order valence-electron chi connectivity index (χ2n) is 15.9. The number of rotatable bonds is 2. The first-order valence-electron chi connectivity index (χ1n) is 20.8. The van der Waals surface area contributed by atoms with Gasteiger partial charge in [0.05, 0.1) is 17.6 Å². The molecular weight excluding hydrogens is 677 g/mol. The molecule has 6 aromatic rings. The zero-order chi connectivity index (χ0) is 39.2. The Hall–Kier alpha value is -4.72. The van der Waals surface area contributed by atoms with Gasteiger partial charge in [0.1, 0.15) is 17.0 Å². The number of pyridine rings is 2. The number of benzene rings is 1. The SMILES string of the molecule is C1CCC(C2CCCCC2)CC1.CCc1cccc(C)c1.Cc1cnc2[nH]cc(C)c2c1.Cc1cnc2[nH]cc(C)c2n1.Cc1cnc2c(c1)N(C)CCN2. The summed E-state index contributed by atoms with van der Waals surface area (Å²) in [5.41, 5.74) is 12.6. The second-order valence-corrected chi connectivity index (χ2v) is 15.9. The maximum atomic E-state index is 4.34. The largest absolute Gasteiger partial charge is 0.370 e. The fourth-order valence-corrected chi connectivity index (χ4v) is 7.93. The highest BCUT2D eigenvalue weighted by Crippen LogP contribution is 2.38. The fourth-order valence-electron chi connectivity index (χ4n) is 7.93. The highest BCUT2D eigenvalue weighted by atomic mass is 15.2. The first kappa shape index (κ1) is 41.4. The number of nitrogens with one attached hydrogen (secondary N) is 3. The molecule has 3 N–H and O–H groups in total. The Bertz CT molecular complexity index is 1950. The van der Waals surface area contributed by atoms with Crippen molar-refractivity contribution in [3.05, 3.63) is 106 Å². The van der Waals surface area contributed by atoms with Gasteiger partial charge in [-0.1, -0.05) is 101 Å². The number of aryl methyl sites for hydroxylation is 7. The van der Waals surface area contributed by atoms with E-state index in [1.807, 2.05) is 38.6 Å². The molecule has 8 nitrogen and oxygen atoms in total. The minimum atomic E-state index is 0.869. The summed E-state index contributed by atoms with van der Waals surface area (Å²) in [5, 5.41) is 4.49. The summed E-state index contributed by atoms with van der Waals surface area (Å²) < 4.78 is 0. The molecular formula is C47H66N8. The van der Waals surface area contributed by atoms with Crippen molar-refractivity contribution in [2.75, 3.05) is 30.4 Å². The highest BCUT2D eigenvalue weighted by molar-refractivity contribution is 5.79. The molecule has 0 bridgehead atoms. The lowest BCUT2D eigenvalue weighted by molar-refractivity contribution is 0.196. The molecule has 2 aliphatic carbocycles. The van der Waals surface area contributed by atoms with Crippen LogP contribution in [0.4, 0.5) is 11.5 Å². The van der Waals surface area contributed by atoms with Crippen molar-refractivity contribution in [1.82, 2.24) is 29.9 Å². The van der Waals surface area contributed by atoms with E-state index in [2.05, 4.69) is 118 Å². The molecule has 9 rings (SSSR count). The number of aromatic amines is 2. The van der Waals surface area contributed by atoms with Crippen molar-refractivity contribution >= 4 is 33.7 Å². The van der Waals surface area contributed by atoms with E-state index in [4.69, 9.17) is 0 Å². The lowest BCUT2D eigenvalue weighted by Crippen LogP contribution is -2.30. The van der Waals surface area contributed by atoms with Crippen LogP contribution in [0, 0.1) is 53.4 Å². The summed E-state index contributed by atoms with van der Waals surface area (Å²) >= 11 is 0. The highest BCUT2D eigenvalue weighted by Gasteiger charge is 2.24. The zero-order valence-corrected chi connectivity index (χ0v) is 34.9. The second kappa shape index (κ2) is 20.8. The van der Waals surface area contributed by atoms with Crippen LogP contribution in [-0.2, 0) is 6.42 Å². The van der Waals surface area contributed by atoms with E-state index in [9.17, 15) is 0 Å². The first-order chi connectivity index (χ1) is 26.6. The van der Waals surface area contributed by atoms with E-state index in [1.54, 1.807) is 31.9 Å². The van der Waals surface area contributed by atoms with Gasteiger partial charge in [-0.2, -0.15) is 0 Å². The predicted octanol–water partition coefficient (Wildman–Crippen LogP) is 11.7. The van der Waals surface area contributed by atoms with Gasteiger partial charge < -0.3 is 20.2 Å². The number of anilines is 2. The maximum absolute atomic E-state index is 4.34. The molecule has 55 heavy (non-hydrogen) atoms. The average molecular weight is 743 g/mol. The van der Waals surface area contributed by atoms with Gasteiger partial charge in [-0.25, -0.2) is 19.9 Å². The van der Waals surface area contributed by atoms with Gasteiger partial charge in [0.2, 0.25) is 0 Å². The van der Waals surface area contributed by atoms with Crippen molar-refractivity contribution in [3.63, 3.8) is 0 Å². The third-order valence-electron chi connectivity index (χ3n) is 11.2. The van der Waals surface area contributed by atoms with E-state index in [1.165, 1.54) is 77.4 Å². The van der Waals surface area contributed by atoms with Crippen LogP contribution in [0.25, 0.3) is 22.2 Å². The molecule has 294 valence electrons. The number of H-pyrrole nitrogens is 2. The van der Waals surface area contributed by atoms with Crippen LogP contribution < -0.4 is 10.2 Å². The Morgan fingerprint density at radius 1 is 0.673 bits per heavy atom. The number of hydrogen-bond donors (Lipinski definition) is 3. The Balaban J connectivity index is 0.000000132. The van der Waals surface area contributed by atoms with E-state index >= 15 is 0 Å². The molecule has 1 aliphatic heterocycles. The number of likely N-dealkylation sites (N-methyl/N-ethyl adjacent to an activating group) is 1. The smallest absolute Gasteiger partial charge is 0.156 e. The molecule has 0 spiro atoms. The molecule has 3 aliphatic rings. The number of aromatic nitrogens is 6. The fraction of sp³-hybridized carbons (Fsp3) is 0.489. The van der Waals surface area contributed by atoms with E-state index in [0.717, 1.165) is 65.2 Å². The van der Waals surface area contributed by atoms with Crippen LogP contribution in [-0.4, -0.2) is 50.0 Å². The maximum Gasteiger partial charge on any atom is 0.156 e. The van der Waals surface area contributed by atoms with Crippen molar-refractivity contribution in [2.24, 2.45) is 11.8 Å². The average Bonchev–Trinajstić information content (AvgIpc) is 3.77. The summed E-state index contributed by atoms with van der Waals surface area (Å²) in [5.74, 6) is 3.28. The Labute approximate surface area is 330 Å². The van der Waals surface area contributed by atoms with Gasteiger partial charge in [0.25, 0.3) is 0 Å². The van der Waals surface area contributed by atoms with Crippen molar-refractivity contribution < 1.29 is 0 Å². The first-order valence-corrected chi connectivity index (χ1v) is 20.8. The van der Waals surface area contributed by atoms with Crippen molar-refractivity contribution in [3.8, 4) is 0 Å². The quantitative estimate of drug-likeness (QED) is 0.163. The van der Waals surface area contributed by atoms with Crippen molar-refractivity contribution in [2.45, 2.75) is 119 Å². The molecule has 2 saturated carbocycles. The standard InChI is InChI=1S/C12H22.C9H13N3.C9H10N2.C9H12.C8H9N3/c1-3-7-11(8-4-1)12-9-5-2-6-10-12;1-7-5-8-9(11-6-7)10-3-4-12(8)2;1-6-3-8-7(2)5-11-9(8)10-4-6;1-3-9-6-4-5-8(2)7-9;1-5-3-9-8-7(5)11-6(2)4-10-8/h11-12H,1-10H2;5-6H,3-4H2,1-2H3,(H,10,11);3-5H,1-2H3,(H,10,11);4-7H,3H2,1-2H3;3-4H,1-2H3,(H,9,10). The third kappa shape index (κ3) is 12.4. The molecule has 0 amide bonds. The molecule has 0 radical (unpaired) electrons. The summed E-state index contributed by atoms with van der Waals surface area (Å²) in [6, 6.07) is 12.9. The zero-order valence-electron chi connectivity index (χ0n) is 34.9. The molecule has 8 heteroatoms. The summed E-state index contributed by atoms with van der Waals surface area (Å²) in [6.07, 6.45) is 26.0. The summed E-state index contributed by atoms with van der Waals surface area (Å²) in [7, 11) is 2.10. The van der Waals surface area contributed by atoms with Gasteiger partial charge in [-0.3, -0.25) is 0 Å². The lowest BCUT2D eigenvalue weighted by Gasteiger charge is -2.32. The minimum Gasteiger partial charge on any atom is -0.370 e. The van der Waals surface area contributed by atoms with Gasteiger partial charge in [-0.15, -0.1) is 0 Å². The molecule has 6 heterocycles. The normalized spacial score (nSPS) is 15.5. The molecule has 0 unspecified atom stereocenters. The van der Waals surface area contributed by atoms with Gasteiger partial charge in [0, 0.05) is 50.3 Å². The number of fused-ring (bicyclic) bond motifs is 3. The molecule has 0 atom stereocenters. The van der Waals surface area contributed by atoms with Crippen LogP contribution >= 0.6 is 0 Å². The van der Waals surface area contributed by atoms with Gasteiger partial charge in [0.15, 0.2) is 5.65 Å².